The summed E-state index contributed by atoms with van der Waals surface area (Å²) in [6.45, 7) is 9.08. The molecule has 9 heteroatoms. The Kier molecular flexibility index (Phi) is 27.4. The van der Waals surface area contributed by atoms with Crippen molar-refractivity contribution < 1.29 is 45.0 Å². The SMILES string of the molecule is CCCCC(CC)CO[P+](=O)[O-].CCCCC(CC)CO[P+](=O)[O-].[Cu+2]. The Morgan fingerprint density at radius 2 is 1.08 bits per heavy atom. The Labute approximate surface area is 165 Å². The van der Waals surface area contributed by atoms with Gasteiger partial charge in [0.05, 0.1) is 0 Å². The van der Waals surface area contributed by atoms with Gasteiger partial charge in [0.25, 0.3) is 0 Å². The van der Waals surface area contributed by atoms with Gasteiger partial charge in [-0.05, 0) is 33.8 Å². The Bertz CT molecular complexity index is 291. The zero-order chi connectivity index (χ0) is 18.8. The zero-order valence-corrected chi connectivity index (χ0v) is 18.6. The van der Waals surface area contributed by atoms with E-state index >= 15 is 0 Å². The predicted molar refractivity (Wildman–Crippen MR) is 93.7 cm³/mol. The van der Waals surface area contributed by atoms with Crippen molar-refractivity contribution in [1.29, 1.82) is 0 Å². The average molecular weight is 448 g/mol. The summed E-state index contributed by atoms with van der Waals surface area (Å²) in [5, 5.41) is 0. The van der Waals surface area contributed by atoms with Crippen LogP contribution in [-0.4, -0.2) is 13.2 Å². The zero-order valence-electron chi connectivity index (χ0n) is 15.9. The van der Waals surface area contributed by atoms with Crippen LogP contribution in [0.3, 0.4) is 0 Å². The molecule has 4 unspecified atom stereocenters. The molecule has 0 rings (SSSR count). The number of unbranched alkanes of at least 4 members (excludes halogenated alkanes) is 2. The van der Waals surface area contributed by atoms with Crippen LogP contribution in [0.1, 0.15) is 79.1 Å². The van der Waals surface area contributed by atoms with E-state index in [1.807, 2.05) is 0 Å². The van der Waals surface area contributed by atoms with Gasteiger partial charge in [0.15, 0.2) is 0 Å². The number of rotatable bonds is 14. The van der Waals surface area contributed by atoms with Crippen molar-refractivity contribution in [3.63, 3.8) is 0 Å². The summed E-state index contributed by atoms with van der Waals surface area (Å²) in [5.41, 5.74) is 0. The molecule has 0 fully saturated rings. The van der Waals surface area contributed by atoms with Crippen LogP contribution in [0.2, 0.25) is 0 Å². The maximum atomic E-state index is 10.1. The van der Waals surface area contributed by atoms with E-state index in [0.29, 0.717) is 25.0 Å². The molecule has 0 aromatic carbocycles. The van der Waals surface area contributed by atoms with Gasteiger partial charge in [0, 0.05) is 0 Å². The van der Waals surface area contributed by atoms with Crippen LogP contribution in [0.25, 0.3) is 0 Å². The molecule has 1 radical (unpaired) electrons. The van der Waals surface area contributed by atoms with Crippen LogP contribution < -0.4 is 9.79 Å². The molecule has 4 atom stereocenters. The van der Waals surface area contributed by atoms with Crippen LogP contribution >= 0.6 is 16.5 Å². The molecule has 0 spiro atoms. The molecule has 0 aliphatic rings. The fourth-order valence-corrected chi connectivity index (χ4v) is 2.79. The second kappa shape index (κ2) is 22.6. The Balaban J connectivity index is -0.000000372. The van der Waals surface area contributed by atoms with Crippen LogP contribution in [0.4, 0.5) is 0 Å². The summed E-state index contributed by atoms with van der Waals surface area (Å²) in [4.78, 5) is 20.2. The first-order valence-corrected chi connectivity index (χ1v) is 11.1. The van der Waals surface area contributed by atoms with Crippen LogP contribution in [0.5, 0.6) is 0 Å². The van der Waals surface area contributed by atoms with Crippen LogP contribution in [0.15, 0.2) is 0 Å². The predicted octanol–water partition coefficient (Wildman–Crippen LogP) is 4.47. The van der Waals surface area contributed by atoms with Gasteiger partial charge >= 0.3 is 33.6 Å². The maximum Gasteiger partial charge on any atom is 2.00 e. The fraction of sp³-hybridized carbons (Fsp3) is 1.00. The molecule has 0 aliphatic heterocycles. The molecule has 0 saturated heterocycles. The third-order valence-corrected chi connectivity index (χ3v) is 4.64. The molecule has 0 aromatic heterocycles. The quantitative estimate of drug-likeness (QED) is 0.287. The Morgan fingerprint density at radius 3 is 1.28 bits per heavy atom. The van der Waals surface area contributed by atoms with Gasteiger partial charge in [-0.15, -0.1) is 9.05 Å². The normalized spacial score (nSPS) is 13.8. The van der Waals surface area contributed by atoms with E-state index in [0.717, 1.165) is 51.4 Å². The van der Waals surface area contributed by atoms with Gasteiger partial charge in [-0.2, -0.15) is 0 Å². The van der Waals surface area contributed by atoms with Gasteiger partial charge < -0.3 is 9.79 Å². The molecule has 0 saturated carbocycles. The number of hydrogen-bond donors (Lipinski definition) is 0. The van der Waals surface area contributed by atoms with Crippen molar-refractivity contribution in [3.05, 3.63) is 0 Å². The van der Waals surface area contributed by atoms with Crippen molar-refractivity contribution in [3.8, 4) is 0 Å². The van der Waals surface area contributed by atoms with Crippen molar-refractivity contribution in [2.24, 2.45) is 11.8 Å². The topological polar surface area (TPSA) is 98.7 Å². The third-order valence-electron chi connectivity index (χ3n) is 3.92. The first kappa shape index (κ1) is 30.3. The minimum absolute atomic E-state index is 0. The summed E-state index contributed by atoms with van der Waals surface area (Å²) >= 11 is 0. The van der Waals surface area contributed by atoms with E-state index in [1.54, 1.807) is 0 Å². The fourth-order valence-electron chi connectivity index (χ4n) is 2.13. The largest absolute Gasteiger partial charge is 2.00 e. The average Bonchev–Trinajstić information content (AvgIpc) is 2.55. The molecule has 0 aromatic rings. The smallest absolute Gasteiger partial charge is 0.566 e. The third kappa shape index (κ3) is 24.6. The second-order valence-corrected chi connectivity index (χ2v) is 7.28. The van der Waals surface area contributed by atoms with Gasteiger partial charge in [-0.3, -0.25) is 0 Å². The monoisotopic (exact) mass is 447 g/mol. The molecule has 6 nitrogen and oxygen atoms in total. The summed E-state index contributed by atoms with van der Waals surface area (Å²) in [5.74, 6) is 0.802. The molecule has 0 amide bonds. The van der Waals surface area contributed by atoms with Gasteiger partial charge in [-0.25, -0.2) is 0 Å². The summed E-state index contributed by atoms with van der Waals surface area (Å²) in [7, 11) is -5.31. The Morgan fingerprint density at radius 1 is 0.760 bits per heavy atom. The van der Waals surface area contributed by atoms with E-state index < -0.39 is 16.5 Å². The van der Waals surface area contributed by atoms with Crippen LogP contribution in [-0.2, 0) is 35.2 Å². The van der Waals surface area contributed by atoms with E-state index in [4.69, 9.17) is 0 Å². The second-order valence-electron chi connectivity index (χ2n) is 5.87. The van der Waals surface area contributed by atoms with Crippen molar-refractivity contribution in [2.75, 3.05) is 13.2 Å². The molecule has 153 valence electrons. The minimum atomic E-state index is -2.65. The summed E-state index contributed by atoms with van der Waals surface area (Å²) in [6, 6.07) is 0. The first-order valence-electron chi connectivity index (χ1n) is 8.95. The molecule has 0 heterocycles. The van der Waals surface area contributed by atoms with E-state index in [2.05, 4.69) is 36.7 Å². The van der Waals surface area contributed by atoms with Gasteiger partial charge in [0.2, 0.25) is 0 Å². The standard InChI is InChI=1S/2C8H17O3P.Cu/c2*1-3-5-6-8(4-2)7-11-12(9)10;/h2*8H,3-7H2,1-2H3;/q;;+2. The van der Waals surface area contributed by atoms with Crippen LogP contribution in [0, 0.1) is 11.8 Å². The van der Waals surface area contributed by atoms with Crippen molar-refractivity contribution in [1.82, 2.24) is 0 Å². The first-order chi connectivity index (χ1) is 11.4. The molecular weight excluding hydrogens is 414 g/mol. The molecule has 0 bridgehead atoms. The summed E-state index contributed by atoms with van der Waals surface area (Å²) < 4.78 is 29.3. The number of hydrogen-bond acceptors (Lipinski definition) is 6. The summed E-state index contributed by atoms with van der Waals surface area (Å²) in [6.07, 6.45) is 8.72. The molecule has 0 aliphatic carbocycles. The Hall–Kier alpha value is 0.559. The van der Waals surface area contributed by atoms with Crippen molar-refractivity contribution in [2.45, 2.75) is 79.1 Å². The van der Waals surface area contributed by atoms with Gasteiger partial charge in [-0.1, -0.05) is 66.2 Å². The minimum Gasteiger partial charge on any atom is -0.566 e. The molecule has 0 N–H and O–H groups in total. The maximum absolute atomic E-state index is 10.1. The van der Waals surface area contributed by atoms with E-state index in [-0.39, 0.29) is 17.1 Å². The molecular formula is C16H34CuO6P2+2. The van der Waals surface area contributed by atoms with Crippen molar-refractivity contribution >= 4 is 16.5 Å². The van der Waals surface area contributed by atoms with Gasteiger partial charge in [0.1, 0.15) is 13.2 Å². The van der Waals surface area contributed by atoms with E-state index in [9.17, 15) is 18.9 Å². The molecule has 25 heavy (non-hydrogen) atoms. The van der Waals surface area contributed by atoms with E-state index in [1.165, 1.54) is 0 Å².